The average Bonchev–Trinajstić information content (AvgIpc) is 2.37. The van der Waals surface area contributed by atoms with Crippen LogP contribution in [-0.4, -0.2) is 0 Å². The van der Waals surface area contributed by atoms with Crippen LogP contribution in [0.3, 0.4) is 0 Å². The summed E-state index contributed by atoms with van der Waals surface area (Å²) in [4.78, 5) is 0. The van der Waals surface area contributed by atoms with Gasteiger partial charge in [0.2, 0.25) is 0 Å². The molecule has 1 atom stereocenters. The van der Waals surface area contributed by atoms with Crippen LogP contribution in [0.4, 0.5) is 10.1 Å². The fraction of sp³-hybridized carbons (Fsp3) is 0.143. The van der Waals surface area contributed by atoms with E-state index < -0.39 is 0 Å². The summed E-state index contributed by atoms with van der Waals surface area (Å²) in [6, 6.07) is 10.6. The molecule has 0 saturated carbocycles. The summed E-state index contributed by atoms with van der Waals surface area (Å²) in [7, 11) is 0. The van der Waals surface area contributed by atoms with Gasteiger partial charge in [-0.25, -0.2) is 4.39 Å². The third-order valence-corrected chi connectivity index (χ3v) is 4.17. The molecule has 19 heavy (non-hydrogen) atoms. The van der Waals surface area contributed by atoms with Crippen LogP contribution in [0.1, 0.15) is 18.5 Å². The molecule has 2 rings (SSSR count). The molecule has 2 aromatic carbocycles. The Hall–Kier alpha value is -0.580. The van der Waals surface area contributed by atoms with Crippen molar-refractivity contribution < 1.29 is 4.39 Å². The Bertz CT molecular complexity index is 604. The number of benzene rings is 2. The van der Waals surface area contributed by atoms with Crippen LogP contribution in [-0.2, 0) is 0 Å². The lowest BCUT2D eigenvalue weighted by molar-refractivity contribution is 0.619. The van der Waals surface area contributed by atoms with Gasteiger partial charge in [0.1, 0.15) is 5.82 Å². The number of halogens is 4. The van der Waals surface area contributed by atoms with Crippen LogP contribution in [0.25, 0.3) is 0 Å². The second kappa shape index (κ2) is 6.25. The number of nitrogens with one attached hydrogen (secondary N) is 1. The summed E-state index contributed by atoms with van der Waals surface area (Å²) in [5.41, 5.74) is 1.81. The number of hydrogen-bond acceptors (Lipinski definition) is 1. The number of rotatable bonds is 3. The van der Waals surface area contributed by atoms with E-state index in [1.807, 2.05) is 25.1 Å². The van der Waals surface area contributed by atoms with Crippen LogP contribution in [0, 0.1) is 5.82 Å². The van der Waals surface area contributed by atoms with Crippen molar-refractivity contribution in [3.05, 3.63) is 61.7 Å². The second-order valence-corrected chi connectivity index (χ2v) is 6.34. The Morgan fingerprint density at radius 3 is 2.58 bits per heavy atom. The van der Waals surface area contributed by atoms with Gasteiger partial charge in [-0.1, -0.05) is 33.6 Å². The van der Waals surface area contributed by atoms with Crippen molar-refractivity contribution in [3.63, 3.8) is 0 Å². The van der Waals surface area contributed by atoms with Gasteiger partial charge < -0.3 is 5.32 Å². The van der Waals surface area contributed by atoms with E-state index in [1.54, 1.807) is 12.1 Å². The SMILES string of the molecule is CC(Nc1cc(Br)ccc1Cl)c1ccc(F)c(Br)c1. The van der Waals surface area contributed by atoms with Crippen molar-refractivity contribution in [1.82, 2.24) is 0 Å². The smallest absolute Gasteiger partial charge is 0.137 e. The Morgan fingerprint density at radius 1 is 1.16 bits per heavy atom. The standard InChI is InChI=1S/C14H11Br2ClFN/c1-8(9-2-5-13(18)11(16)6-9)19-14-7-10(15)3-4-12(14)17/h2-8,19H,1H3. The van der Waals surface area contributed by atoms with Crippen LogP contribution in [0.2, 0.25) is 5.02 Å². The molecule has 0 bridgehead atoms. The maximum Gasteiger partial charge on any atom is 0.137 e. The van der Waals surface area contributed by atoms with Gasteiger partial charge in [-0.05, 0) is 58.7 Å². The van der Waals surface area contributed by atoms with E-state index in [-0.39, 0.29) is 11.9 Å². The number of anilines is 1. The van der Waals surface area contributed by atoms with Gasteiger partial charge in [0.15, 0.2) is 0 Å². The third-order valence-electron chi connectivity index (χ3n) is 2.74. The van der Waals surface area contributed by atoms with Crippen LogP contribution >= 0.6 is 43.5 Å². The van der Waals surface area contributed by atoms with Crippen molar-refractivity contribution in [3.8, 4) is 0 Å². The quantitative estimate of drug-likeness (QED) is 0.641. The van der Waals surface area contributed by atoms with Crippen molar-refractivity contribution in [2.45, 2.75) is 13.0 Å². The summed E-state index contributed by atoms with van der Waals surface area (Å²) in [6.45, 7) is 2.00. The lowest BCUT2D eigenvalue weighted by Crippen LogP contribution is -2.07. The number of hydrogen-bond donors (Lipinski definition) is 1. The summed E-state index contributed by atoms with van der Waals surface area (Å²) in [5, 5.41) is 3.96. The second-order valence-electron chi connectivity index (χ2n) is 4.16. The van der Waals surface area contributed by atoms with Crippen LogP contribution in [0.5, 0.6) is 0 Å². The fourth-order valence-corrected chi connectivity index (χ4v) is 2.64. The Labute approximate surface area is 133 Å². The largest absolute Gasteiger partial charge is 0.377 e. The lowest BCUT2D eigenvalue weighted by atomic mass is 10.1. The highest BCUT2D eigenvalue weighted by molar-refractivity contribution is 9.10. The minimum Gasteiger partial charge on any atom is -0.377 e. The first-order valence-electron chi connectivity index (χ1n) is 5.64. The molecular formula is C14H11Br2ClFN. The van der Waals surface area contributed by atoms with E-state index in [9.17, 15) is 4.39 Å². The maximum atomic E-state index is 13.2. The zero-order chi connectivity index (χ0) is 14.0. The monoisotopic (exact) mass is 405 g/mol. The Morgan fingerprint density at radius 2 is 1.89 bits per heavy atom. The molecule has 0 fully saturated rings. The zero-order valence-electron chi connectivity index (χ0n) is 10.1. The summed E-state index contributed by atoms with van der Waals surface area (Å²) in [5.74, 6) is -0.267. The predicted molar refractivity (Wildman–Crippen MR) is 85.3 cm³/mol. The first-order chi connectivity index (χ1) is 8.97. The molecule has 2 aromatic rings. The van der Waals surface area contributed by atoms with E-state index in [2.05, 4.69) is 37.2 Å². The van der Waals surface area contributed by atoms with E-state index in [1.165, 1.54) is 6.07 Å². The Kier molecular flexibility index (Phi) is 4.87. The van der Waals surface area contributed by atoms with Crippen molar-refractivity contribution >= 4 is 49.1 Å². The molecule has 0 radical (unpaired) electrons. The molecule has 0 aromatic heterocycles. The van der Waals surface area contributed by atoms with E-state index in [0.29, 0.717) is 9.50 Å². The van der Waals surface area contributed by atoms with Crippen molar-refractivity contribution in [1.29, 1.82) is 0 Å². The fourth-order valence-electron chi connectivity index (χ4n) is 1.71. The molecule has 100 valence electrons. The van der Waals surface area contributed by atoms with Gasteiger partial charge in [-0.2, -0.15) is 0 Å². The zero-order valence-corrected chi connectivity index (χ0v) is 14.0. The third kappa shape index (κ3) is 3.71. The van der Waals surface area contributed by atoms with Crippen LogP contribution in [0.15, 0.2) is 45.3 Å². The molecule has 0 saturated heterocycles. The van der Waals surface area contributed by atoms with Gasteiger partial charge in [0.25, 0.3) is 0 Å². The Balaban J connectivity index is 2.22. The highest BCUT2D eigenvalue weighted by Crippen LogP contribution is 2.30. The molecule has 1 N–H and O–H groups in total. The molecule has 0 aliphatic rings. The molecule has 0 heterocycles. The van der Waals surface area contributed by atoms with Gasteiger partial charge in [0, 0.05) is 10.5 Å². The molecule has 0 spiro atoms. The lowest BCUT2D eigenvalue weighted by Gasteiger charge is -2.17. The van der Waals surface area contributed by atoms with Gasteiger partial charge >= 0.3 is 0 Å². The average molecular weight is 408 g/mol. The van der Waals surface area contributed by atoms with Gasteiger partial charge in [0.05, 0.1) is 15.2 Å². The molecule has 0 aliphatic heterocycles. The molecular weight excluding hydrogens is 396 g/mol. The predicted octanol–water partition coefficient (Wildman–Crippen LogP) is 6.18. The highest BCUT2D eigenvalue weighted by Gasteiger charge is 2.10. The van der Waals surface area contributed by atoms with Gasteiger partial charge in [-0.3, -0.25) is 0 Å². The van der Waals surface area contributed by atoms with Crippen molar-refractivity contribution in [2.24, 2.45) is 0 Å². The molecule has 1 unspecified atom stereocenters. The molecule has 5 heteroatoms. The maximum absolute atomic E-state index is 13.2. The normalized spacial score (nSPS) is 12.3. The van der Waals surface area contributed by atoms with Crippen molar-refractivity contribution in [2.75, 3.05) is 5.32 Å². The highest BCUT2D eigenvalue weighted by atomic mass is 79.9. The first-order valence-corrected chi connectivity index (χ1v) is 7.60. The summed E-state index contributed by atoms with van der Waals surface area (Å²) < 4.78 is 14.6. The topological polar surface area (TPSA) is 12.0 Å². The first kappa shape index (κ1) is 14.8. The van der Waals surface area contributed by atoms with Gasteiger partial charge in [-0.15, -0.1) is 0 Å². The van der Waals surface area contributed by atoms with E-state index in [4.69, 9.17) is 11.6 Å². The molecule has 0 aliphatic carbocycles. The molecule has 0 amide bonds. The minimum atomic E-state index is -0.267. The van der Waals surface area contributed by atoms with E-state index >= 15 is 0 Å². The van der Waals surface area contributed by atoms with Crippen LogP contribution < -0.4 is 5.32 Å². The van der Waals surface area contributed by atoms with E-state index in [0.717, 1.165) is 15.7 Å². The summed E-state index contributed by atoms with van der Waals surface area (Å²) >= 11 is 12.7. The summed E-state index contributed by atoms with van der Waals surface area (Å²) in [6.07, 6.45) is 0. The molecule has 1 nitrogen and oxygen atoms in total. The minimum absolute atomic E-state index is 0.0173.